The fourth-order valence-corrected chi connectivity index (χ4v) is 1.71. The molecule has 0 aliphatic rings. The van der Waals surface area contributed by atoms with E-state index in [1.165, 1.54) is 24.0 Å². The maximum Gasteiger partial charge on any atom is -0.0132 e. The minimum absolute atomic E-state index is 0.269. The third-order valence-electron chi connectivity index (χ3n) is 3.07. The van der Waals surface area contributed by atoms with Crippen molar-refractivity contribution in [2.45, 2.75) is 52.9 Å². The molecule has 0 saturated carbocycles. The summed E-state index contributed by atoms with van der Waals surface area (Å²) in [5, 5.41) is 0. The van der Waals surface area contributed by atoms with Crippen LogP contribution in [0, 0.1) is 5.92 Å². The molecule has 0 fully saturated rings. The molecule has 84 valence electrons. The van der Waals surface area contributed by atoms with E-state index in [9.17, 15) is 0 Å². The van der Waals surface area contributed by atoms with Gasteiger partial charge in [0.25, 0.3) is 0 Å². The van der Waals surface area contributed by atoms with Crippen LogP contribution in [0.1, 0.15) is 52.2 Å². The summed E-state index contributed by atoms with van der Waals surface area (Å²) in [4.78, 5) is 0. The SMILES string of the molecule is CCC(C)Cc1cccc(C(C)(C)C)c1. The molecule has 1 aromatic rings. The molecule has 0 N–H and O–H groups in total. The average molecular weight is 204 g/mol. The minimum atomic E-state index is 0.269. The van der Waals surface area contributed by atoms with Crippen LogP contribution in [0.2, 0.25) is 0 Å². The molecule has 0 aromatic heterocycles. The summed E-state index contributed by atoms with van der Waals surface area (Å²) in [6.45, 7) is 11.4. The summed E-state index contributed by atoms with van der Waals surface area (Å²) in [6.07, 6.45) is 2.47. The predicted molar refractivity (Wildman–Crippen MR) is 68.3 cm³/mol. The summed E-state index contributed by atoms with van der Waals surface area (Å²) in [7, 11) is 0. The van der Waals surface area contributed by atoms with Gasteiger partial charge in [0.2, 0.25) is 0 Å². The first-order chi connectivity index (χ1) is 6.93. The molecule has 0 nitrogen and oxygen atoms in total. The van der Waals surface area contributed by atoms with E-state index in [2.05, 4.69) is 58.9 Å². The van der Waals surface area contributed by atoms with Crippen molar-refractivity contribution >= 4 is 0 Å². The lowest BCUT2D eigenvalue weighted by Gasteiger charge is -2.20. The lowest BCUT2D eigenvalue weighted by Crippen LogP contribution is -2.11. The molecule has 0 amide bonds. The molecule has 1 atom stereocenters. The van der Waals surface area contributed by atoms with Gasteiger partial charge in [-0.15, -0.1) is 0 Å². The first kappa shape index (κ1) is 12.3. The van der Waals surface area contributed by atoms with Gasteiger partial charge in [-0.05, 0) is 28.9 Å². The molecule has 0 heteroatoms. The molecule has 0 aliphatic carbocycles. The standard InChI is InChI=1S/C15H24/c1-6-12(2)10-13-8-7-9-14(11-13)15(3,4)5/h7-9,11-12H,6,10H2,1-5H3. The fourth-order valence-electron chi connectivity index (χ4n) is 1.71. The van der Waals surface area contributed by atoms with Crippen LogP contribution in [0.5, 0.6) is 0 Å². The van der Waals surface area contributed by atoms with Gasteiger partial charge in [0.15, 0.2) is 0 Å². The van der Waals surface area contributed by atoms with Gasteiger partial charge in [0, 0.05) is 0 Å². The summed E-state index contributed by atoms with van der Waals surface area (Å²) in [5.41, 5.74) is 3.20. The zero-order valence-electron chi connectivity index (χ0n) is 10.8. The molecular weight excluding hydrogens is 180 g/mol. The maximum atomic E-state index is 2.37. The maximum absolute atomic E-state index is 2.37. The molecule has 1 aromatic carbocycles. The second-order valence-electron chi connectivity index (χ2n) is 5.67. The molecule has 0 spiro atoms. The Morgan fingerprint density at radius 3 is 2.40 bits per heavy atom. The highest BCUT2D eigenvalue weighted by molar-refractivity contribution is 5.28. The van der Waals surface area contributed by atoms with Crippen molar-refractivity contribution in [2.75, 3.05) is 0 Å². The van der Waals surface area contributed by atoms with E-state index in [1.54, 1.807) is 0 Å². The normalized spacial score (nSPS) is 13.9. The van der Waals surface area contributed by atoms with Gasteiger partial charge < -0.3 is 0 Å². The molecule has 1 rings (SSSR count). The lowest BCUT2D eigenvalue weighted by molar-refractivity contribution is 0.555. The minimum Gasteiger partial charge on any atom is -0.0651 e. The van der Waals surface area contributed by atoms with E-state index >= 15 is 0 Å². The summed E-state index contributed by atoms with van der Waals surface area (Å²) < 4.78 is 0. The van der Waals surface area contributed by atoms with Gasteiger partial charge in [-0.3, -0.25) is 0 Å². The van der Waals surface area contributed by atoms with Gasteiger partial charge in [-0.25, -0.2) is 0 Å². The largest absolute Gasteiger partial charge is 0.0651 e. The summed E-state index contributed by atoms with van der Waals surface area (Å²) in [6, 6.07) is 9.05. The van der Waals surface area contributed by atoms with Crippen LogP contribution in [0.15, 0.2) is 24.3 Å². The first-order valence-electron chi connectivity index (χ1n) is 6.03. The van der Waals surface area contributed by atoms with Crippen molar-refractivity contribution in [3.8, 4) is 0 Å². The Kier molecular flexibility index (Phi) is 3.96. The second-order valence-corrected chi connectivity index (χ2v) is 5.67. The van der Waals surface area contributed by atoms with Gasteiger partial charge in [0.1, 0.15) is 0 Å². The fraction of sp³-hybridized carbons (Fsp3) is 0.600. The first-order valence-corrected chi connectivity index (χ1v) is 6.03. The Labute approximate surface area is 94.7 Å². The lowest BCUT2D eigenvalue weighted by atomic mass is 9.85. The molecular formula is C15H24. The van der Waals surface area contributed by atoms with Crippen LogP contribution in [-0.2, 0) is 11.8 Å². The Morgan fingerprint density at radius 2 is 1.87 bits per heavy atom. The van der Waals surface area contributed by atoms with Gasteiger partial charge in [-0.2, -0.15) is 0 Å². The Bertz CT molecular complexity index is 304. The second kappa shape index (κ2) is 4.83. The van der Waals surface area contributed by atoms with Crippen molar-refractivity contribution in [1.82, 2.24) is 0 Å². The van der Waals surface area contributed by atoms with Crippen LogP contribution in [0.25, 0.3) is 0 Å². The third-order valence-corrected chi connectivity index (χ3v) is 3.07. The molecule has 15 heavy (non-hydrogen) atoms. The van der Waals surface area contributed by atoms with Gasteiger partial charge >= 0.3 is 0 Å². The van der Waals surface area contributed by atoms with E-state index in [-0.39, 0.29) is 5.41 Å². The van der Waals surface area contributed by atoms with Crippen LogP contribution in [0.3, 0.4) is 0 Å². The van der Waals surface area contributed by atoms with E-state index in [4.69, 9.17) is 0 Å². The summed E-state index contributed by atoms with van der Waals surface area (Å²) >= 11 is 0. The zero-order valence-corrected chi connectivity index (χ0v) is 10.8. The van der Waals surface area contributed by atoms with Crippen molar-refractivity contribution in [3.05, 3.63) is 35.4 Å². The Morgan fingerprint density at radius 1 is 1.20 bits per heavy atom. The van der Waals surface area contributed by atoms with Gasteiger partial charge in [-0.1, -0.05) is 65.3 Å². The van der Waals surface area contributed by atoms with E-state index < -0.39 is 0 Å². The smallest absolute Gasteiger partial charge is 0.0132 e. The van der Waals surface area contributed by atoms with Crippen molar-refractivity contribution in [3.63, 3.8) is 0 Å². The Hall–Kier alpha value is -0.780. The highest BCUT2D eigenvalue weighted by Crippen LogP contribution is 2.24. The molecule has 0 heterocycles. The molecule has 1 unspecified atom stereocenters. The molecule has 0 aliphatic heterocycles. The highest BCUT2D eigenvalue weighted by Gasteiger charge is 2.13. The summed E-state index contributed by atoms with van der Waals surface area (Å²) in [5.74, 6) is 0.792. The number of hydrogen-bond acceptors (Lipinski definition) is 0. The predicted octanol–water partition coefficient (Wildman–Crippen LogP) is 4.57. The van der Waals surface area contributed by atoms with E-state index in [0.29, 0.717) is 0 Å². The van der Waals surface area contributed by atoms with Crippen molar-refractivity contribution in [2.24, 2.45) is 5.92 Å². The molecule has 0 radical (unpaired) electrons. The monoisotopic (exact) mass is 204 g/mol. The number of benzene rings is 1. The number of rotatable bonds is 3. The van der Waals surface area contributed by atoms with Crippen molar-refractivity contribution < 1.29 is 0 Å². The average Bonchev–Trinajstić information content (AvgIpc) is 2.17. The van der Waals surface area contributed by atoms with Crippen LogP contribution >= 0.6 is 0 Å². The van der Waals surface area contributed by atoms with Crippen LogP contribution < -0.4 is 0 Å². The van der Waals surface area contributed by atoms with Crippen molar-refractivity contribution in [1.29, 1.82) is 0 Å². The van der Waals surface area contributed by atoms with E-state index in [0.717, 1.165) is 5.92 Å². The molecule has 0 bridgehead atoms. The van der Waals surface area contributed by atoms with Crippen LogP contribution in [-0.4, -0.2) is 0 Å². The zero-order chi connectivity index (χ0) is 11.5. The number of hydrogen-bond donors (Lipinski definition) is 0. The topological polar surface area (TPSA) is 0 Å². The quantitative estimate of drug-likeness (QED) is 0.676. The van der Waals surface area contributed by atoms with Gasteiger partial charge in [0.05, 0.1) is 0 Å². The highest BCUT2D eigenvalue weighted by atomic mass is 14.2. The third kappa shape index (κ3) is 3.70. The molecule has 0 saturated heterocycles. The van der Waals surface area contributed by atoms with E-state index in [1.807, 2.05) is 0 Å². The Balaban J connectivity index is 2.84. The van der Waals surface area contributed by atoms with Crippen LogP contribution in [0.4, 0.5) is 0 Å².